The SMILES string of the molecule is CSCCNc1nccn2nccc12. The van der Waals surface area contributed by atoms with Crippen LogP contribution in [-0.2, 0) is 0 Å². The van der Waals surface area contributed by atoms with Crippen LogP contribution >= 0.6 is 11.8 Å². The molecule has 0 spiro atoms. The second-order valence-corrected chi connectivity index (χ2v) is 3.84. The Balaban J connectivity index is 2.19. The first-order valence-corrected chi connectivity index (χ1v) is 5.82. The first-order chi connectivity index (χ1) is 6.92. The standard InChI is InChI=1S/C9H12N4S/c1-14-7-5-11-9-8-2-3-12-13(8)6-4-10-9/h2-4,6H,5,7H2,1H3,(H,10,11). The van der Waals surface area contributed by atoms with Crippen LogP contribution in [0.2, 0.25) is 0 Å². The Morgan fingerprint density at radius 2 is 2.43 bits per heavy atom. The normalized spacial score (nSPS) is 10.6. The predicted octanol–water partition coefficient (Wildman–Crippen LogP) is 1.50. The quantitative estimate of drug-likeness (QED) is 0.773. The topological polar surface area (TPSA) is 42.2 Å². The van der Waals surface area contributed by atoms with Gasteiger partial charge in [0, 0.05) is 24.7 Å². The van der Waals surface area contributed by atoms with Crippen LogP contribution in [0.3, 0.4) is 0 Å². The molecular formula is C9H12N4S. The minimum atomic E-state index is 0.902. The number of nitrogens with zero attached hydrogens (tertiary/aromatic N) is 3. The van der Waals surface area contributed by atoms with Crippen LogP contribution in [0, 0.1) is 0 Å². The van der Waals surface area contributed by atoms with E-state index in [1.165, 1.54) is 0 Å². The number of hydrogen-bond acceptors (Lipinski definition) is 4. The molecule has 0 aliphatic heterocycles. The van der Waals surface area contributed by atoms with E-state index in [-0.39, 0.29) is 0 Å². The summed E-state index contributed by atoms with van der Waals surface area (Å²) in [6.07, 6.45) is 7.46. The molecule has 5 heteroatoms. The molecule has 0 amide bonds. The number of nitrogens with one attached hydrogen (secondary N) is 1. The highest BCUT2D eigenvalue weighted by Gasteiger charge is 2.00. The number of fused-ring (bicyclic) bond motifs is 1. The van der Waals surface area contributed by atoms with E-state index in [9.17, 15) is 0 Å². The van der Waals surface area contributed by atoms with E-state index < -0.39 is 0 Å². The fraction of sp³-hybridized carbons (Fsp3) is 0.333. The van der Waals surface area contributed by atoms with Crippen LogP contribution in [0.5, 0.6) is 0 Å². The minimum absolute atomic E-state index is 0.902. The summed E-state index contributed by atoms with van der Waals surface area (Å²) in [6.45, 7) is 0.930. The van der Waals surface area contributed by atoms with E-state index >= 15 is 0 Å². The maximum atomic E-state index is 4.27. The van der Waals surface area contributed by atoms with Gasteiger partial charge in [0.15, 0.2) is 5.82 Å². The molecule has 1 N–H and O–H groups in total. The van der Waals surface area contributed by atoms with Gasteiger partial charge in [-0.25, -0.2) is 9.50 Å². The highest BCUT2D eigenvalue weighted by molar-refractivity contribution is 7.98. The molecule has 0 aromatic carbocycles. The van der Waals surface area contributed by atoms with Crippen LogP contribution < -0.4 is 5.32 Å². The summed E-state index contributed by atoms with van der Waals surface area (Å²) in [5.74, 6) is 1.98. The lowest BCUT2D eigenvalue weighted by Crippen LogP contribution is -2.06. The lowest BCUT2D eigenvalue weighted by atomic mass is 10.4. The maximum Gasteiger partial charge on any atom is 0.152 e. The number of anilines is 1. The molecule has 0 bridgehead atoms. The average molecular weight is 208 g/mol. The van der Waals surface area contributed by atoms with E-state index in [4.69, 9.17) is 0 Å². The maximum absolute atomic E-state index is 4.27. The number of thioether (sulfide) groups is 1. The van der Waals surface area contributed by atoms with Gasteiger partial charge in [0.25, 0.3) is 0 Å². The summed E-state index contributed by atoms with van der Waals surface area (Å²) >= 11 is 1.82. The van der Waals surface area contributed by atoms with E-state index in [1.54, 1.807) is 12.4 Å². The predicted molar refractivity (Wildman–Crippen MR) is 59.9 cm³/mol. The van der Waals surface area contributed by atoms with Crippen molar-refractivity contribution < 1.29 is 0 Å². The molecule has 2 heterocycles. The summed E-state index contributed by atoms with van der Waals surface area (Å²) in [5, 5.41) is 7.42. The van der Waals surface area contributed by atoms with Gasteiger partial charge in [-0.15, -0.1) is 0 Å². The zero-order valence-electron chi connectivity index (χ0n) is 7.97. The third-order valence-corrected chi connectivity index (χ3v) is 2.54. The average Bonchev–Trinajstić information content (AvgIpc) is 2.67. The summed E-state index contributed by atoms with van der Waals surface area (Å²) in [6, 6.07) is 1.95. The minimum Gasteiger partial charge on any atom is -0.367 e. The molecule has 0 unspecified atom stereocenters. The fourth-order valence-electron chi connectivity index (χ4n) is 1.27. The van der Waals surface area contributed by atoms with E-state index in [0.717, 1.165) is 23.6 Å². The lowest BCUT2D eigenvalue weighted by Gasteiger charge is -2.05. The summed E-state index contributed by atoms with van der Waals surface area (Å²) in [7, 11) is 0. The summed E-state index contributed by atoms with van der Waals surface area (Å²) in [5.41, 5.74) is 1.02. The van der Waals surface area contributed by atoms with Gasteiger partial charge in [-0.05, 0) is 12.3 Å². The van der Waals surface area contributed by atoms with Crippen molar-refractivity contribution in [3.63, 3.8) is 0 Å². The Hall–Kier alpha value is -1.23. The number of hydrogen-bond donors (Lipinski definition) is 1. The monoisotopic (exact) mass is 208 g/mol. The van der Waals surface area contributed by atoms with Crippen molar-refractivity contribution in [2.75, 3.05) is 23.9 Å². The fourth-order valence-corrected chi connectivity index (χ4v) is 1.57. The Bertz CT molecular complexity index is 412. The molecule has 0 fully saturated rings. The van der Waals surface area contributed by atoms with E-state index in [2.05, 4.69) is 21.7 Å². The van der Waals surface area contributed by atoms with Crippen molar-refractivity contribution in [1.82, 2.24) is 14.6 Å². The molecule has 0 aliphatic rings. The van der Waals surface area contributed by atoms with Gasteiger partial charge in [0.05, 0.1) is 6.20 Å². The molecule has 2 aromatic heterocycles. The van der Waals surface area contributed by atoms with Crippen molar-refractivity contribution in [3.05, 3.63) is 24.7 Å². The molecule has 2 rings (SSSR count). The molecule has 4 nitrogen and oxygen atoms in total. The van der Waals surface area contributed by atoms with Crippen molar-refractivity contribution in [2.45, 2.75) is 0 Å². The van der Waals surface area contributed by atoms with E-state index in [1.807, 2.05) is 28.5 Å². The van der Waals surface area contributed by atoms with E-state index in [0.29, 0.717) is 0 Å². The number of rotatable bonds is 4. The van der Waals surface area contributed by atoms with Gasteiger partial charge in [-0.1, -0.05) is 0 Å². The Morgan fingerprint density at radius 3 is 3.29 bits per heavy atom. The van der Waals surface area contributed by atoms with Crippen molar-refractivity contribution >= 4 is 23.1 Å². The first kappa shape index (κ1) is 9.33. The van der Waals surface area contributed by atoms with Crippen molar-refractivity contribution in [1.29, 1.82) is 0 Å². The summed E-state index contributed by atoms with van der Waals surface area (Å²) in [4.78, 5) is 4.27. The Kier molecular flexibility index (Phi) is 2.88. The molecule has 0 radical (unpaired) electrons. The zero-order valence-corrected chi connectivity index (χ0v) is 8.79. The molecule has 0 aliphatic carbocycles. The highest BCUT2D eigenvalue weighted by Crippen LogP contribution is 2.11. The largest absolute Gasteiger partial charge is 0.367 e. The molecule has 2 aromatic rings. The van der Waals surface area contributed by atoms with Crippen LogP contribution in [0.4, 0.5) is 5.82 Å². The van der Waals surface area contributed by atoms with Gasteiger partial charge >= 0.3 is 0 Å². The highest BCUT2D eigenvalue weighted by atomic mass is 32.2. The van der Waals surface area contributed by atoms with Crippen LogP contribution in [0.25, 0.3) is 5.52 Å². The van der Waals surface area contributed by atoms with Crippen molar-refractivity contribution in [2.24, 2.45) is 0 Å². The van der Waals surface area contributed by atoms with Gasteiger partial charge in [0.2, 0.25) is 0 Å². The molecular weight excluding hydrogens is 196 g/mol. The van der Waals surface area contributed by atoms with Crippen molar-refractivity contribution in [3.8, 4) is 0 Å². The molecule has 74 valence electrons. The van der Waals surface area contributed by atoms with Crippen LogP contribution in [-0.4, -0.2) is 33.2 Å². The third-order valence-electron chi connectivity index (χ3n) is 1.92. The summed E-state index contributed by atoms with van der Waals surface area (Å²) < 4.78 is 1.81. The first-order valence-electron chi connectivity index (χ1n) is 4.43. The number of aromatic nitrogens is 3. The van der Waals surface area contributed by atoms with Gasteiger partial charge in [0.1, 0.15) is 5.52 Å². The molecule has 0 saturated heterocycles. The smallest absolute Gasteiger partial charge is 0.152 e. The molecule has 14 heavy (non-hydrogen) atoms. The van der Waals surface area contributed by atoms with Gasteiger partial charge in [-0.2, -0.15) is 16.9 Å². The molecule has 0 saturated carbocycles. The van der Waals surface area contributed by atoms with Gasteiger partial charge in [-0.3, -0.25) is 0 Å². The molecule has 0 atom stereocenters. The zero-order chi connectivity index (χ0) is 9.80. The van der Waals surface area contributed by atoms with Crippen LogP contribution in [0.1, 0.15) is 0 Å². The third kappa shape index (κ3) is 1.82. The van der Waals surface area contributed by atoms with Gasteiger partial charge < -0.3 is 5.32 Å². The van der Waals surface area contributed by atoms with Crippen LogP contribution in [0.15, 0.2) is 24.7 Å². The second-order valence-electron chi connectivity index (χ2n) is 2.86. The second kappa shape index (κ2) is 4.32. The Labute approximate surface area is 86.7 Å². The lowest BCUT2D eigenvalue weighted by molar-refractivity contribution is 0.944. The Morgan fingerprint density at radius 1 is 1.50 bits per heavy atom.